The number of nitrogens with zero attached hydrogens (tertiary/aromatic N) is 2. The molecule has 4 heteroatoms. The molecule has 2 fully saturated rings. The Hall–Kier alpha value is -0.870. The van der Waals surface area contributed by atoms with E-state index in [9.17, 15) is 0 Å². The lowest BCUT2D eigenvalue weighted by molar-refractivity contribution is -0.00325. The third-order valence-electron chi connectivity index (χ3n) is 3.88. The summed E-state index contributed by atoms with van der Waals surface area (Å²) in [5.41, 5.74) is 1.03. The molecule has 17 heavy (non-hydrogen) atoms. The molecule has 2 aliphatic rings. The van der Waals surface area contributed by atoms with Crippen LogP contribution < -0.4 is 0 Å². The minimum atomic E-state index is 0.437. The number of piperidine rings is 1. The van der Waals surface area contributed by atoms with Crippen molar-refractivity contribution in [2.75, 3.05) is 13.1 Å². The van der Waals surface area contributed by atoms with E-state index < -0.39 is 0 Å². The first kappa shape index (κ1) is 11.2. The fraction of sp³-hybridized carbons (Fsp3) is 0.769. The molecule has 2 saturated heterocycles. The molecule has 0 saturated carbocycles. The second-order valence-electron chi connectivity index (χ2n) is 5.43. The summed E-state index contributed by atoms with van der Waals surface area (Å²) in [5, 5.41) is 4.05. The molecule has 0 aromatic carbocycles. The van der Waals surface area contributed by atoms with Crippen LogP contribution in [0.3, 0.4) is 0 Å². The number of rotatable bonds is 2. The standard InChI is InChI=1S/C13H20N2O2/c1-9-5-11-3-4-15(8-13(11)16-9)7-12-6-10(2)17-14-12/h6,9,11,13H,3-5,7-8H2,1-2H3/t9-,11-,13+/m0/s1. The van der Waals surface area contributed by atoms with E-state index >= 15 is 0 Å². The summed E-state index contributed by atoms with van der Waals surface area (Å²) in [6.07, 6.45) is 3.37. The minimum absolute atomic E-state index is 0.437. The van der Waals surface area contributed by atoms with Crippen LogP contribution in [0.15, 0.2) is 10.6 Å². The largest absolute Gasteiger partial charge is 0.374 e. The van der Waals surface area contributed by atoms with Gasteiger partial charge in [0.25, 0.3) is 0 Å². The van der Waals surface area contributed by atoms with Crippen molar-refractivity contribution in [2.45, 2.75) is 45.4 Å². The Morgan fingerprint density at radius 1 is 1.53 bits per heavy atom. The van der Waals surface area contributed by atoms with Crippen LogP contribution in [-0.4, -0.2) is 35.4 Å². The molecule has 0 aliphatic carbocycles. The zero-order chi connectivity index (χ0) is 11.8. The Balaban J connectivity index is 1.59. The Morgan fingerprint density at radius 3 is 3.18 bits per heavy atom. The van der Waals surface area contributed by atoms with Crippen molar-refractivity contribution >= 4 is 0 Å². The van der Waals surface area contributed by atoms with Gasteiger partial charge in [-0.15, -0.1) is 0 Å². The van der Waals surface area contributed by atoms with Crippen LogP contribution in [0, 0.1) is 12.8 Å². The van der Waals surface area contributed by atoms with Crippen LogP contribution in [-0.2, 0) is 11.3 Å². The monoisotopic (exact) mass is 236 g/mol. The molecule has 94 valence electrons. The molecule has 0 spiro atoms. The fourth-order valence-corrected chi connectivity index (χ4v) is 3.10. The van der Waals surface area contributed by atoms with Crippen LogP contribution in [0.1, 0.15) is 31.2 Å². The van der Waals surface area contributed by atoms with Gasteiger partial charge >= 0.3 is 0 Å². The first-order valence-electron chi connectivity index (χ1n) is 6.50. The molecule has 0 radical (unpaired) electrons. The third-order valence-corrected chi connectivity index (χ3v) is 3.88. The summed E-state index contributed by atoms with van der Waals surface area (Å²) < 4.78 is 11.1. The van der Waals surface area contributed by atoms with E-state index in [4.69, 9.17) is 9.26 Å². The maximum absolute atomic E-state index is 5.95. The highest BCUT2D eigenvalue weighted by atomic mass is 16.5. The van der Waals surface area contributed by atoms with Crippen molar-refractivity contribution in [3.8, 4) is 0 Å². The van der Waals surface area contributed by atoms with E-state index in [-0.39, 0.29) is 0 Å². The quantitative estimate of drug-likeness (QED) is 0.787. The normalized spacial score (nSPS) is 33.9. The number of fused-ring (bicyclic) bond motifs is 1. The molecule has 0 N–H and O–H groups in total. The highest BCUT2D eigenvalue weighted by molar-refractivity contribution is 5.04. The molecular formula is C13H20N2O2. The number of hydrogen-bond acceptors (Lipinski definition) is 4. The maximum atomic E-state index is 5.95. The number of hydrogen-bond donors (Lipinski definition) is 0. The number of aromatic nitrogens is 1. The van der Waals surface area contributed by atoms with Gasteiger partial charge in [0.2, 0.25) is 0 Å². The molecule has 3 atom stereocenters. The summed E-state index contributed by atoms with van der Waals surface area (Å²) in [4.78, 5) is 2.43. The fourth-order valence-electron chi connectivity index (χ4n) is 3.10. The molecule has 4 nitrogen and oxygen atoms in total. The second kappa shape index (κ2) is 4.42. The van der Waals surface area contributed by atoms with Gasteiger partial charge in [0, 0.05) is 19.2 Å². The zero-order valence-corrected chi connectivity index (χ0v) is 10.6. The zero-order valence-electron chi connectivity index (χ0n) is 10.6. The predicted molar refractivity (Wildman–Crippen MR) is 63.6 cm³/mol. The second-order valence-corrected chi connectivity index (χ2v) is 5.43. The molecule has 1 aromatic rings. The molecule has 3 rings (SSSR count). The van der Waals surface area contributed by atoms with Crippen molar-refractivity contribution in [2.24, 2.45) is 5.92 Å². The number of ether oxygens (including phenoxy) is 1. The lowest BCUT2D eigenvalue weighted by Gasteiger charge is -2.33. The van der Waals surface area contributed by atoms with Crippen LogP contribution in [0.25, 0.3) is 0 Å². The summed E-state index contributed by atoms with van der Waals surface area (Å²) in [7, 11) is 0. The Kier molecular flexibility index (Phi) is 2.92. The van der Waals surface area contributed by atoms with E-state index in [1.807, 2.05) is 13.0 Å². The summed E-state index contributed by atoms with van der Waals surface area (Å²) in [6.45, 7) is 7.20. The van der Waals surface area contributed by atoms with Crippen molar-refractivity contribution in [1.29, 1.82) is 0 Å². The van der Waals surface area contributed by atoms with Crippen molar-refractivity contribution in [3.63, 3.8) is 0 Å². The van der Waals surface area contributed by atoms with Crippen LogP contribution >= 0.6 is 0 Å². The van der Waals surface area contributed by atoms with E-state index in [1.165, 1.54) is 12.8 Å². The van der Waals surface area contributed by atoms with Crippen molar-refractivity contribution in [1.82, 2.24) is 10.1 Å². The average Bonchev–Trinajstić information content (AvgIpc) is 2.83. The average molecular weight is 236 g/mol. The molecule has 0 unspecified atom stereocenters. The van der Waals surface area contributed by atoms with E-state index in [0.29, 0.717) is 12.2 Å². The Labute approximate surface area is 102 Å². The minimum Gasteiger partial charge on any atom is -0.374 e. The summed E-state index contributed by atoms with van der Waals surface area (Å²) in [5.74, 6) is 1.67. The highest BCUT2D eigenvalue weighted by Crippen LogP contribution is 2.33. The Bertz CT molecular complexity index is 391. The third kappa shape index (κ3) is 2.38. The first-order chi connectivity index (χ1) is 8.20. The van der Waals surface area contributed by atoms with Gasteiger partial charge in [-0.25, -0.2) is 0 Å². The summed E-state index contributed by atoms with van der Waals surface area (Å²) in [6, 6.07) is 2.02. The van der Waals surface area contributed by atoms with Gasteiger partial charge in [0.1, 0.15) is 5.76 Å². The van der Waals surface area contributed by atoms with E-state index in [0.717, 1.165) is 37.0 Å². The lowest BCUT2D eigenvalue weighted by atomic mass is 9.92. The van der Waals surface area contributed by atoms with Gasteiger partial charge in [-0.05, 0) is 39.2 Å². The highest BCUT2D eigenvalue weighted by Gasteiger charge is 2.37. The van der Waals surface area contributed by atoms with Gasteiger partial charge in [-0.1, -0.05) is 5.16 Å². The van der Waals surface area contributed by atoms with E-state index in [2.05, 4.69) is 17.0 Å². The van der Waals surface area contributed by atoms with Crippen LogP contribution in [0.4, 0.5) is 0 Å². The lowest BCUT2D eigenvalue weighted by Crippen LogP contribution is -2.41. The molecule has 0 bridgehead atoms. The smallest absolute Gasteiger partial charge is 0.133 e. The van der Waals surface area contributed by atoms with Gasteiger partial charge in [-0.3, -0.25) is 4.90 Å². The van der Waals surface area contributed by atoms with Crippen molar-refractivity contribution < 1.29 is 9.26 Å². The molecular weight excluding hydrogens is 216 g/mol. The maximum Gasteiger partial charge on any atom is 0.133 e. The first-order valence-corrected chi connectivity index (χ1v) is 6.50. The van der Waals surface area contributed by atoms with Gasteiger partial charge < -0.3 is 9.26 Å². The van der Waals surface area contributed by atoms with Crippen LogP contribution in [0.2, 0.25) is 0 Å². The predicted octanol–water partition coefficient (Wildman–Crippen LogP) is 1.98. The van der Waals surface area contributed by atoms with Gasteiger partial charge in [0.05, 0.1) is 17.9 Å². The molecule has 1 aromatic heterocycles. The van der Waals surface area contributed by atoms with Gasteiger partial charge in [-0.2, -0.15) is 0 Å². The topological polar surface area (TPSA) is 38.5 Å². The molecule has 2 aliphatic heterocycles. The van der Waals surface area contributed by atoms with E-state index in [1.54, 1.807) is 0 Å². The number of aryl methyl sites for hydroxylation is 1. The molecule has 3 heterocycles. The summed E-state index contributed by atoms with van der Waals surface area (Å²) >= 11 is 0. The Morgan fingerprint density at radius 2 is 2.41 bits per heavy atom. The van der Waals surface area contributed by atoms with Gasteiger partial charge in [0.15, 0.2) is 0 Å². The van der Waals surface area contributed by atoms with Crippen LogP contribution in [0.5, 0.6) is 0 Å². The molecule has 0 amide bonds. The SMILES string of the molecule is Cc1cc(CN2CC[C@H]3C[C@H](C)O[C@@H]3C2)no1. The number of likely N-dealkylation sites (tertiary alicyclic amines) is 1. The van der Waals surface area contributed by atoms with Crippen molar-refractivity contribution in [3.05, 3.63) is 17.5 Å².